The summed E-state index contributed by atoms with van der Waals surface area (Å²) in [6, 6.07) is 12.1. The Balaban J connectivity index is 1.70. The molecule has 0 aliphatic carbocycles. The second-order valence-electron chi connectivity index (χ2n) is 6.17. The van der Waals surface area contributed by atoms with Crippen LogP contribution >= 0.6 is 27.3 Å². The number of rotatable bonds is 7. The second kappa shape index (κ2) is 9.15. The molecular formula is C20H19BrN4O3S. The number of hydrogen-bond donors (Lipinski definition) is 1. The number of nitro benzene ring substituents is 1. The van der Waals surface area contributed by atoms with Crippen molar-refractivity contribution in [3.63, 3.8) is 0 Å². The first-order valence-corrected chi connectivity index (χ1v) is 10.6. The van der Waals surface area contributed by atoms with Crippen LogP contribution in [-0.4, -0.2) is 30.1 Å². The Morgan fingerprint density at radius 3 is 2.66 bits per heavy atom. The molecule has 2 aromatic carbocycles. The van der Waals surface area contributed by atoms with Crippen molar-refractivity contribution in [1.29, 1.82) is 0 Å². The van der Waals surface area contributed by atoms with E-state index in [1.807, 2.05) is 18.2 Å². The molecular weight excluding hydrogens is 456 g/mol. The quantitative estimate of drug-likeness (QED) is 0.290. The third-order valence-corrected chi connectivity index (χ3v) is 6.14. The molecule has 9 heteroatoms. The Morgan fingerprint density at radius 2 is 2.00 bits per heavy atom. The lowest BCUT2D eigenvalue weighted by Crippen LogP contribution is -2.22. The molecule has 1 amide bonds. The van der Waals surface area contributed by atoms with Crippen LogP contribution in [-0.2, 0) is 0 Å². The van der Waals surface area contributed by atoms with Gasteiger partial charge in [-0.05, 0) is 59.6 Å². The maximum Gasteiger partial charge on any atom is 0.281 e. The molecule has 0 saturated carbocycles. The van der Waals surface area contributed by atoms with E-state index in [4.69, 9.17) is 0 Å². The molecule has 29 heavy (non-hydrogen) atoms. The number of hydrazone groups is 1. The number of hydrogen-bond acceptors (Lipinski definition) is 6. The van der Waals surface area contributed by atoms with Crippen molar-refractivity contribution in [3.05, 3.63) is 67.5 Å². The summed E-state index contributed by atoms with van der Waals surface area (Å²) in [5.41, 5.74) is 4.46. The molecule has 7 nitrogen and oxygen atoms in total. The Kier molecular flexibility index (Phi) is 6.60. The first-order valence-electron chi connectivity index (χ1n) is 8.98. The van der Waals surface area contributed by atoms with E-state index in [9.17, 15) is 14.9 Å². The SMILES string of the molecule is CCN(CC)c1ccc(/C=N\NC(=O)c2cc3cc([N+](=O)[O-])ccc3s2)cc1Br. The van der Waals surface area contributed by atoms with Crippen LogP contribution in [0.4, 0.5) is 11.4 Å². The van der Waals surface area contributed by atoms with Gasteiger partial charge in [0.15, 0.2) is 0 Å². The summed E-state index contributed by atoms with van der Waals surface area (Å²) in [5, 5.41) is 15.6. The van der Waals surface area contributed by atoms with Crippen molar-refractivity contribution in [2.24, 2.45) is 5.10 Å². The number of anilines is 1. The highest BCUT2D eigenvalue weighted by atomic mass is 79.9. The van der Waals surface area contributed by atoms with E-state index < -0.39 is 4.92 Å². The highest BCUT2D eigenvalue weighted by Gasteiger charge is 2.13. The first-order chi connectivity index (χ1) is 13.9. The smallest absolute Gasteiger partial charge is 0.281 e. The van der Waals surface area contributed by atoms with Crippen LogP contribution in [0.2, 0.25) is 0 Å². The second-order valence-corrected chi connectivity index (χ2v) is 8.11. The van der Waals surface area contributed by atoms with Gasteiger partial charge in [-0.2, -0.15) is 5.10 Å². The highest BCUT2D eigenvalue weighted by molar-refractivity contribution is 9.10. The topological polar surface area (TPSA) is 87.8 Å². The van der Waals surface area contributed by atoms with Crippen molar-refractivity contribution >= 4 is 60.8 Å². The molecule has 0 unspecified atom stereocenters. The minimum Gasteiger partial charge on any atom is -0.371 e. The number of amides is 1. The minimum atomic E-state index is -0.454. The lowest BCUT2D eigenvalue weighted by atomic mass is 10.2. The standard InChI is InChI=1S/C20H19BrN4O3S/c1-3-24(4-2)17-7-5-13(9-16(17)21)12-22-23-20(26)19-11-14-10-15(25(27)28)6-8-18(14)29-19/h5-12H,3-4H2,1-2H3,(H,23,26)/b22-12-. The highest BCUT2D eigenvalue weighted by Crippen LogP contribution is 2.29. The molecule has 0 bridgehead atoms. The fourth-order valence-corrected chi connectivity index (χ4v) is 4.48. The Morgan fingerprint density at radius 1 is 1.24 bits per heavy atom. The van der Waals surface area contributed by atoms with Gasteiger partial charge in [-0.1, -0.05) is 6.07 Å². The number of nitrogens with zero attached hydrogens (tertiary/aromatic N) is 3. The number of carbonyl (C=O) groups excluding carboxylic acids is 1. The third kappa shape index (κ3) is 4.80. The fraction of sp³-hybridized carbons (Fsp3) is 0.200. The first kappa shape index (κ1) is 20.9. The van der Waals surface area contributed by atoms with Crippen molar-refractivity contribution < 1.29 is 9.72 Å². The van der Waals surface area contributed by atoms with Gasteiger partial charge >= 0.3 is 0 Å². The zero-order chi connectivity index (χ0) is 21.0. The van der Waals surface area contributed by atoms with Crippen LogP contribution < -0.4 is 10.3 Å². The van der Waals surface area contributed by atoms with Crippen LogP contribution in [0, 0.1) is 10.1 Å². The molecule has 3 rings (SSSR count). The summed E-state index contributed by atoms with van der Waals surface area (Å²) >= 11 is 4.85. The van der Waals surface area contributed by atoms with Crippen molar-refractivity contribution in [2.45, 2.75) is 13.8 Å². The predicted molar refractivity (Wildman–Crippen MR) is 121 cm³/mol. The number of benzene rings is 2. The van der Waals surface area contributed by atoms with Crippen LogP contribution in [0.5, 0.6) is 0 Å². The zero-order valence-corrected chi connectivity index (χ0v) is 18.3. The lowest BCUT2D eigenvalue weighted by molar-refractivity contribution is -0.384. The van der Waals surface area contributed by atoms with Gasteiger partial charge < -0.3 is 4.90 Å². The normalized spacial score (nSPS) is 11.1. The molecule has 0 aliphatic heterocycles. The monoisotopic (exact) mass is 474 g/mol. The molecule has 1 heterocycles. The third-order valence-electron chi connectivity index (χ3n) is 4.39. The van der Waals surface area contributed by atoms with Gasteiger partial charge in [0.1, 0.15) is 0 Å². The molecule has 0 aliphatic rings. The Bertz CT molecular complexity index is 1090. The molecule has 0 radical (unpaired) electrons. The number of non-ortho nitro benzene ring substituents is 1. The van der Waals surface area contributed by atoms with Crippen LogP contribution in [0.25, 0.3) is 10.1 Å². The van der Waals surface area contributed by atoms with Gasteiger partial charge in [0.2, 0.25) is 0 Å². The van der Waals surface area contributed by atoms with Crippen molar-refractivity contribution in [1.82, 2.24) is 5.43 Å². The summed E-state index contributed by atoms with van der Waals surface area (Å²) in [7, 11) is 0. The minimum absolute atomic E-state index is 0.000913. The van der Waals surface area contributed by atoms with Crippen molar-refractivity contribution in [2.75, 3.05) is 18.0 Å². The predicted octanol–water partition coefficient (Wildman–Crippen LogP) is 5.18. The molecule has 0 spiro atoms. The van der Waals surface area contributed by atoms with E-state index >= 15 is 0 Å². The summed E-state index contributed by atoms with van der Waals surface area (Å²) in [5.74, 6) is -0.357. The number of fused-ring (bicyclic) bond motifs is 1. The van der Waals surface area contributed by atoms with E-state index in [2.05, 4.69) is 45.2 Å². The Labute approximate surface area is 180 Å². The molecule has 1 N–H and O–H groups in total. The molecule has 0 saturated heterocycles. The number of carbonyl (C=O) groups is 1. The van der Waals surface area contributed by atoms with E-state index in [1.54, 1.807) is 18.3 Å². The van der Waals surface area contributed by atoms with Gasteiger partial charge in [0, 0.05) is 39.8 Å². The Hall–Kier alpha value is -2.78. The summed E-state index contributed by atoms with van der Waals surface area (Å²) < 4.78 is 1.77. The average Bonchev–Trinajstić information content (AvgIpc) is 3.13. The molecule has 1 aromatic heterocycles. The zero-order valence-electron chi connectivity index (χ0n) is 15.9. The summed E-state index contributed by atoms with van der Waals surface area (Å²) in [6.07, 6.45) is 1.58. The molecule has 150 valence electrons. The van der Waals surface area contributed by atoms with E-state index in [1.165, 1.54) is 23.5 Å². The maximum atomic E-state index is 12.3. The van der Waals surface area contributed by atoms with Gasteiger partial charge in [0.05, 0.1) is 21.7 Å². The molecule has 3 aromatic rings. The van der Waals surface area contributed by atoms with Crippen LogP contribution in [0.15, 0.2) is 52.0 Å². The van der Waals surface area contributed by atoms with E-state index in [-0.39, 0.29) is 11.6 Å². The number of halogens is 1. The van der Waals surface area contributed by atoms with Gasteiger partial charge in [-0.15, -0.1) is 11.3 Å². The van der Waals surface area contributed by atoms with E-state index in [0.29, 0.717) is 10.3 Å². The summed E-state index contributed by atoms with van der Waals surface area (Å²) in [4.78, 5) is 25.5. The van der Waals surface area contributed by atoms with Crippen molar-refractivity contribution in [3.8, 4) is 0 Å². The van der Waals surface area contributed by atoms with Gasteiger partial charge in [0.25, 0.3) is 11.6 Å². The number of nitrogens with one attached hydrogen (secondary N) is 1. The van der Waals surface area contributed by atoms with Crippen LogP contribution in [0.1, 0.15) is 29.1 Å². The molecule has 0 atom stereocenters. The summed E-state index contributed by atoms with van der Waals surface area (Å²) in [6.45, 7) is 6.04. The van der Waals surface area contributed by atoms with Gasteiger partial charge in [-0.25, -0.2) is 5.43 Å². The number of nitro groups is 1. The molecule has 0 fully saturated rings. The lowest BCUT2D eigenvalue weighted by Gasteiger charge is -2.22. The van der Waals surface area contributed by atoms with E-state index in [0.717, 1.165) is 33.5 Å². The van der Waals surface area contributed by atoms with Gasteiger partial charge in [-0.3, -0.25) is 14.9 Å². The fourth-order valence-electron chi connectivity index (χ4n) is 2.90. The largest absolute Gasteiger partial charge is 0.371 e. The van der Waals surface area contributed by atoms with Crippen LogP contribution in [0.3, 0.4) is 0 Å². The maximum absolute atomic E-state index is 12.3. The average molecular weight is 475 g/mol. The number of thiophene rings is 1.